The van der Waals surface area contributed by atoms with E-state index in [0.717, 1.165) is 16.8 Å². The molecule has 0 bridgehead atoms. The largest absolute Gasteiger partial charge is 0.497 e. The van der Waals surface area contributed by atoms with Crippen LogP contribution in [0.3, 0.4) is 0 Å². The second-order valence-electron chi connectivity index (χ2n) is 8.16. The van der Waals surface area contributed by atoms with Crippen molar-refractivity contribution < 1.29 is 31.1 Å². The molecule has 1 N–H and O–H groups in total. The number of nitrogens with zero attached hydrogens (tertiary/aromatic N) is 4. The fourth-order valence-corrected chi connectivity index (χ4v) is 4.44. The average Bonchev–Trinajstić information content (AvgIpc) is 3.26. The van der Waals surface area contributed by atoms with Crippen LogP contribution in [0.4, 0.5) is 36.3 Å². The maximum atomic E-state index is 13.9. The van der Waals surface area contributed by atoms with Gasteiger partial charge in [0.15, 0.2) is 0 Å². The van der Waals surface area contributed by atoms with Gasteiger partial charge >= 0.3 is 6.18 Å². The predicted octanol–water partition coefficient (Wildman–Crippen LogP) is 4.17. The standard InChI is InChI=1S/C23H24F3N5O4S/c1-30(36(4,32)33)20-7-5-6-14-12-31(13-18(14)20)21-19(23(24,25)26)11-27-22(29-21)28-15-8-16(34-2)10-17(9-15)35-3/h5-11H,12-13H2,1-4H3,(H,27,28,29). The Kier molecular flexibility index (Phi) is 6.60. The number of fused-ring (bicyclic) bond motifs is 1. The molecule has 1 aliphatic heterocycles. The Morgan fingerprint density at radius 3 is 2.33 bits per heavy atom. The molecule has 0 unspecified atom stereocenters. The summed E-state index contributed by atoms with van der Waals surface area (Å²) in [6.45, 7) is 0.158. The Hall–Kier alpha value is -3.74. The highest BCUT2D eigenvalue weighted by molar-refractivity contribution is 7.92. The van der Waals surface area contributed by atoms with Crippen LogP contribution in [0.2, 0.25) is 0 Å². The number of methoxy groups -OCH3 is 2. The summed E-state index contributed by atoms with van der Waals surface area (Å²) in [6, 6.07) is 9.96. The van der Waals surface area contributed by atoms with Crippen molar-refractivity contribution >= 4 is 33.2 Å². The minimum Gasteiger partial charge on any atom is -0.497 e. The summed E-state index contributed by atoms with van der Waals surface area (Å²) in [7, 11) is 0.797. The van der Waals surface area contributed by atoms with Crippen molar-refractivity contribution in [2.75, 3.05) is 42.0 Å². The third-order valence-corrected chi connectivity index (χ3v) is 6.97. The number of ether oxygens (including phenoxy) is 2. The zero-order chi connectivity index (χ0) is 26.3. The van der Waals surface area contributed by atoms with Crippen LogP contribution in [-0.2, 0) is 29.3 Å². The number of rotatable bonds is 7. The van der Waals surface area contributed by atoms with Crippen molar-refractivity contribution in [1.29, 1.82) is 0 Å². The molecule has 0 aliphatic carbocycles. The zero-order valence-electron chi connectivity index (χ0n) is 19.9. The van der Waals surface area contributed by atoms with Crippen molar-refractivity contribution in [3.05, 3.63) is 59.3 Å². The SMILES string of the molecule is COc1cc(Nc2ncc(C(F)(F)F)c(N3Cc4cccc(N(C)S(C)(=O)=O)c4C3)n2)cc(OC)c1. The molecule has 9 nitrogen and oxygen atoms in total. The Balaban J connectivity index is 1.72. The van der Waals surface area contributed by atoms with Gasteiger partial charge in [-0.15, -0.1) is 0 Å². The molecule has 0 saturated heterocycles. The number of hydrogen-bond acceptors (Lipinski definition) is 8. The minimum absolute atomic E-state index is 0.0396. The van der Waals surface area contributed by atoms with Gasteiger partial charge in [-0.2, -0.15) is 18.2 Å². The van der Waals surface area contributed by atoms with Gasteiger partial charge in [0.1, 0.15) is 22.9 Å². The van der Waals surface area contributed by atoms with Crippen molar-refractivity contribution in [3.8, 4) is 11.5 Å². The molecule has 0 saturated carbocycles. The summed E-state index contributed by atoms with van der Waals surface area (Å²) in [5.41, 5.74) is 1.19. The first-order chi connectivity index (χ1) is 16.9. The van der Waals surface area contributed by atoms with Gasteiger partial charge in [-0.1, -0.05) is 12.1 Å². The summed E-state index contributed by atoms with van der Waals surface area (Å²) in [5, 5.41) is 2.90. The van der Waals surface area contributed by atoms with Gasteiger partial charge < -0.3 is 19.7 Å². The smallest absolute Gasteiger partial charge is 0.421 e. The summed E-state index contributed by atoms with van der Waals surface area (Å²) in [4.78, 5) is 9.53. The molecule has 0 spiro atoms. The van der Waals surface area contributed by atoms with Gasteiger partial charge in [0.05, 0.1) is 26.2 Å². The van der Waals surface area contributed by atoms with E-state index in [2.05, 4.69) is 15.3 Å². The second kappa shape index (κ2) is 9.37. The highest BCUT2D eigenvalue weighted by Gasteiger charge is 2.38. The Bertz CT molecular complexity index is 1380. The number of aromatic nitrogens is 2. The lowest BCUT2D eigenvalue weighted by molar-refractivity contribution is -0.137. The maximum Gasteiger partial charge on any atom is 0.421 e. The first-order valence-corrected chi connectivity index (χ1v) is 12.5. The van der Waals surface area contributed by atoms with E-state index in [4.69, 9.17) is 9.47 Å². The van der Waals surface area contributed by atoms with E-state index in [1.807, 2.05) is 0 Å². The van der Waals surface area contributed by atoms with Crippen LogP contribution in [0.5, 0.6) is 11.5 Å². The second-order valence-corrected chi connectivity index (χ2v) is 10.2. The topological polar surface area (TPSA) is 96.9 Å². The lowest BCUT2D eigenvalue weighted by Crippen LogP contribution is -2.26. The van der Waals surface area contributed by atoms with E-state index in [-0.39, 0.29) is 24.9 Å². The van der Waals surface area contributed by atoms with Gasteiger partial charge in [-0.05, 0) is 11.6 Å². The number of hydrogen-bond donors (Lipinski definition) is 1. The Morgan fingerprint density at radius 2 is 1.75 bits per heavy atom. The molecule has 2 aromatic carbocycles. The first-order valence-electron chi connectivity index (χ1n) is 10.6. The van der Waals surface area contributed by atoms with E-state index in [1.165, 1.54) is 26.2 Å². The first kappa shape index (κ1) is 25.4. The molecule has 3 aromatic rings. The monoisotopic (exact) mass is 523 g/mol. The summed E-state index contributed by atoms with van der Waals surface area (Å²) < 4.78 is 77.5. The van der Waals surface area contributed by atoms with Crippen molar-refractivity contribution in [1.82, 2.24) is 9.97 Å². The van der Waals surface area contributed by atoms with Crippen LogP contribution in [-0.4, -0.2) is 45.9 Å². The quantitative estimate of drug-likeness (QED) is 0.493. The summed E-state index contributed by atoms with van der Waals surface area (Å²) in [5.74, 6) is 0.569. The molecule has 0 fully saturated rings. The van der Waals surface area contributed by atoms with Crippen molar-refractivity contribution in [2.24, 2.45) is 0 Å². The van der Waals surface area contributed by atoms with E-state index >= 15 is 0 Å². The molecular formula is C23H24F3N5O4S. The highest BCUT2D eigenvalue weighted by atomic mass is 32.2. The Labute approximate surface area is 206 Å². The molecule has 0 amide bonds. The molecule has 1 aliphatic rings. The van der Waals surface area contributed by atoms with Gasteiger partial charge in [0, 0.05) is 55.8 Å². The van der Waals surface area contributed by atoms with Crippen LogP contribution in [0, 0.1) is 0 Å². The maximum absolute atomic E-state index is 13.9. The molecule has 192 valence electrons. The lowest BCUT2D eigenvalue weighted by Gasteiger charge is -2.23. The number of nitrogens with one attached hydrogen (secondary N) is 1. The van der Waals surface area contributed by atoms with Gasteiger partial charge in [0.25, 0.3) is 0 Å². The van der Waals surface area contributed by atoms with Crippen molar-refractivity contribution in [2.45, 2.75) is 19.3 Å². The normalized spacial score (nSPS) is 13.4. The third-order valence-electron chi connectivity index (χ3n) is 5.78. The molecule has 13 heteroatoms. The van der Waals surface area contributed by atoms with Crippen LogP contribution in [0.25, 0.3) is 0 Å². The zero-order valence-corrected chi connectivity index (χ0v) is 20.7. The molecule has 1 aromatic heterocycles. The molecule has 4 rings (SSSR count). The average molecular weight is 524 g/mol. The number of halogens is 3. The van der Waals surface area contributed by atoms with E-state index < -0.39 is 21.8 Å². The van der Waals surface area contributed by atoms with Gasteiger partial charge in [0.2, 0.25) is 16.0 Å². The molecule has 0 radical (unpaired) electrons. The van der Waals surface area contributed by atoms with E-state index in [0.29, 0.717) is 34.0 Å². The molecule has 2 heterocycles. The van der Waals surface area contributed by atoms with E-state index in [1.54, 1.807) is 36.4 Å². The highest BCUT2D eigenvalue weighted by Crippen LogP contribution is 2.41. The number of alkyl halides is 3. The van der Waals surface area contributed by atoms with E-state index in [9.17, 15) is 21.6 Å². The molecule has 36 heavy (non-hydrogen) atoms. The molecule has 0 atom stereocenters. The van der Waals surface area contributed by atoms with Gasteiger partial charge in [-0.25, -0.2) is 13.4 Å². The fraction of sp³-hybridized carbons (Fsp3) is 0.304. The number of benzene rings is 2. The summed E-state index contributed by atoms with van der Waals surface area (Å²) >= 11 is 0. The predicted molar refractivity (Wildman–Crippen MR) is 129 cm³/mol. The van der Waals surface area contributed by atoms with Gasteiger partial charge in [-0.3, -0.25) is 4.31 Å². The van der Waals surface area contributed by atoms with Crippen molar-refractivity contribution in [3.63, 3.8) is 0 Å². The van der Waals surface area contributed by atoms with Crippen LogP contribution in [0.1, 0.15) is 16.7 Å². The summed E-state index contributed by atoms with van der Waals surface area (Å²) in [6.07, 6.45) is -2.90. The van der Waals surface area contributed by atoms with Crippen LogP contribution < -0.4 is 24.0 Å². The fourth-order valence-electron chi connectivity index (χ4n) is 3.91. The number of anilines is 4. The Morgan fingerprint density at radius 1 is 1.08 bits per heavy atom. The third kappa shape index (κ3) is 5.10. The molecular weight excluding hydrogens is 499 g/mol. The number of sulfonamides is 1. The lowest BCUT2D eigenvalue weighted by atomic mass is 10.1. The van der Waals surface area contributed by atoms with Crippen LogP contribution in [0.15, 0.2) is 42.6 Å². The van der Waals surface area contributed by atoms with Crippen LogP contribution >= 0.6 is 0 Å². The minimum atomic E-state index is -4.70.